The summed E-state index contributed by atoms with van der Waals surface area (Å²) < 4.78 is 10.3. The Labute approximate surface area is 151 Å². The van der Waals surface area contributed by atoms with Gasteiger partial charge in [-0.15, -0.1) is 0 Å². The summed E-state index contributed by atoms with van der Waals surface area (Å²) >= 11 is 6.19. The fraction of sp³-hybridized carbons (Fsp3) is 0.200. The summed E-state index contributed by atoms with van der Waals surface area (Å²) in [6.45, 7) is 2.35. The van der Waals surface area contributed by atoms with Crippen molar-refractivity contribution in [3.63, 3.8) is 0 Å². The van der Waals surface area contributed by atoms with Gasteiger partial charge in [0, 0.05) is 23.1 Å². The largest absolute Gasteiger partial charge is 0.460 e. The van der Waals surface area contributed by atoms with Gasteiger partial charge in [0.15, 0.2) is 0 Å². The van der Waals surface area contributed by atoms with E-state index < -0.39 is 5.97 Å². The molecule has 3 rings (SSSR count). The normalized spacial score (nSPS) is 10.8. The molecule has 0 amide bonds. The van der Waals surface area contributed by atoms with Crippen molar-refractivity contribution in [3.8, 4) is 11.1 Å². The number of rotatable bonds is 5. The summed E-state index contributed by atoms with van der Waals surface area (Å²) in [7, 11) is 1.56. The highest BCUT2D eigenvalue weighted by atomic mass is 35.5. The number of aromatic nitrogens is 1. The second-order valence-corrected chi connectivity index (χ2v) is 6.04. The molecule has 0 atom stereocenters. The lowest BCUT2D eigenvalue weighted by Gasteiger charge is -2.15. The predicted molar refractivity (Wildman–Crippen MR) is 99.1 cm³/mol. The third-order valence-corrected chi connectivity index (χ3v) is 4.15. The van der Waals surface area contributed by atoms with Crippen LogP contribution < -0.4 is 0 Å². The smallest absolute Gasteiger partial charge is 0.340 e. The molecule has 0 fully saturated rings. The number of hydrogen-bond donors (Lipinski definition) is 0. The van der Waals surface area contributed by atoms with E-state index in [-0.39, 0.29) is 6.61 Å². The number of fused-ring (bicyclic) bond motifs is 1. The van der Waals surface area contributed by atoms with Crippen LogP contribution in [-0.4, -0.2) is 31.3 Å². The molecule has 0 bridgehead atoms. The molecular weight excluding hydrogens is 338 g/mol. The Kier molecular flexibility index (Phi) is 5.31. The number of esters is 1. The average Bonchev–Trinajstić information content (AvgIpc) is 2.62. The first-order chi connectivity index (χ1) is 12.1. The molecule has 0 saturated heterocycles. The number of ether oxygens (including phenoxy) is 2. The van der Waals surface area contributed by atoms with Gasteiger partial charge in [0.1, 0.15) is 6.61 Å². The highest BCUT2D eigenvalue weighted by Crippen LogP contribution is 2.34. The molecule has 0 spiro atoms. The van der Waals surface area contributed by atoms with Crippen LogP contribution in [0.4, 0.5) is 0 Å². The molecule has 128 valence electrons. The van der Waals surface area contributed by atoms with Gasteiger partial charge in [0.2, 0.25) is 0 Å². The van der Waals surface area contributed by atoms with Crippen molar-refractivity contribution in [1.82, 2.24) is 4.98 Å². The summed E-state index contributed by atoms with van der Waals surface area (Å²) in [6.07, 6.45) is 0. The van der Waals surface area contributed by atoms with Crippen molar-refractivity contribution in [2.75, 3.05) is 20.3 Å². The van der Waals surface area contributed by atoms with Gasteiger partial charge >= 0.3 is 5.97 Å². The highest BCUT2D eigenvalue weighted by Gasteiger charge is 2.21. The van der Waals surface area contributed by atoms with Crippen LogP contribution in [0.25, 0.3) is 22.0 Å². The molecule has 0 radical (unpaired) electrons. The zero-order valence-corrected chi connectivity index (χ0v) is 14.8. The first kappa shape index (κ1) is 17.4. The Balaban J connectivity index is 2.24. The molecule has 0 N–H and O–H groups in total. The lowest BCUT2D eigenvalue weighted by molar-refractivity contribution is 0.0388. The minimum atomic E-state index is -0.414. The van der Waals surface area contributed by atoms with Gasteiger partial charge in [-0.05, 0) is 30.7 Å². The minimum Gasteiger partial charge on any atom is -0.460 e. The number of halogens is 1. The van der Waals surface area contributed by atoms with Crippen LogP contribution in [0.3, 0.4) is 0 Å². The number of methoxy groups -OCH3 is 1. The summed E-state index contributed by atoms with van der Waals surface area (Å²) in [6, 6.07) is 15.2. The number of carbonyl (C=O) groups excluding carboxylic acids is 1. The maximum absolute atomic E-state index is 12.7. The molecule has 1 heterocycles. The van der Waals surface area contributed by atoms with Gasteiger partial charge in [-0.2, -0.15) is 0 Å². The first-order valence-corrected chi connectivity index (χ1v) is 8.31. The van der Waals surface area contributed by atoms with Gasteiger partial charge in [0.25, 0.3) is 0 Å². The first-order valence-electron chi connectivity index (χ1n) is 7.93. The zero-order chi connectivity index (χ0) is 17.8. The Morgan fingerprint density at radius 2 is 1.88 bits per heavy atom. The lowest BCUT2D eigenvalue weighted by Crippen LogP contribution is -2.13. The van der Waals surface area contributed by atoms with Crippen LogP contribution in [0.15, 0.2) is 48.5 Å². The van der Waals surface area contributed by atoms with Gasteiger partial charge in [-0.25, -0.2) is 4.79 Å². The monoisotopic (exact) mass is 355 g/mol. The Bertz CT molecular complexity index is 910. The van der Waals surface area contributed by atoms with E-state index in [1.54, 1.807) is 13.2 Å². The fourth-order valence-electron chi connectivity index (χ4n) is 2.80. The molecule has 0 aliphatic heterocycles. The molecule has 2 aromatic carbocycles. The highest BCUT2D eigenvalue weighted by molar-refractivity contribution is 6.31. The van der Waals surface area contributed by atoms with E-state index in [1.165, 1.54) is 0 Å². The molecule has 25 heavy (non-hydrogen) atoms. The molecule has 4 nitrogen and oxygen atoms in total. The number of carbonyl (C=O) groups is 1. The maximum Gasteiger partial charge on any atom is 0.340 e. The van der Waals surface area contributed by atoms with Crippen molar-refractivity contribution < 1.29 is 14.3 Å². The van der Waals surface area contributed by atoms with E-state index in [0.29, 0.717) is 22.9 Å². The quantitative estimate of drug-likeness (QED) is 0.493. The van der Waals surface area contributed by atoms with Crippen LogP contribution in [0.5, 0.6) is 0 Å². The topological polar surface area (TPSA) is 48.4 Å². The van der Waals surface area contributed by atoms with Crippen LogP contribution in [-0.2, 0) is 9.47 Å². The lowest BCUT2D eigenvalue weighted by atomic mass is 9.94. The van der Waals surface area contributed by atoms with Crippen LogP contribution in [0, 0.1) is 6.92 Å². The Morgan fingerprint density at radius 3 is 2.60 bits per heavy atom. The molecular formula is C20H18ClNO3. The number of aryl methyl sites for hydroxylation is 1. The van der Waals surface area contributed by atoms with E-state index in [1.807, 2.05) is 49.4 Å². The number of benzene rings is 2. The summed E-state index contributed by atoms with van der Waals surface area (Å²) in [4.78, 5) is 17.3. The molecule has 3 aromatic rings. The summed E-state index contributed by atoms with van der Waals surface area (Å²) in [5.41, 5.74) is 3.56. The van der Waals surface area contributed by atoms with E-state index in [4.69, 9.17) is 21.1 Å². The number of pyridine rings is 1. The predicted octanol–water partition coefficient (Wildman–Crippen LogP) is 4.67. The van der Waals surface area contributed by atoms with E-state index in [2.05, 4.69) is 4.98 Å². The molecule has 1 aromatic heterocycles. The SMILES string of the molecule is COCCOC(=O)c1c(C)nc2ccc(Cl)cc2c1-c1ccccc1. The molecule has 0 aliphatic rings. The third-order valence-electron chi connectivity index (χ3n) is 3.92. The summed E-state index contributed by atoms with van der Waals surface area (Å²) in [5.74, 6) is -0.414. The number of hydrogen-bond acceptors (Lipinski definition) is 4. The van der Waals surface area contributed by atoms with Crippen LogP contribution in [0.1, 0.15) is 16.1 Å². The average molecular weight is 356 g/mol. The van der Waals surface area contributed by atoms with Gasteiger partial charge in [0.05, 0.1) is 23.4 Å². The molecule has 0 saturated carbocycles. The van der Waals surface area contributed by atoms with Crippen molar-refractivity contribution in [2.24, 2.45) is 0 Å². The standard InChI is InChI=1S/C20H18ClNO3/c1-13-18(20(23)25-11-10-24-2)19(14-6-4-3-5-7-14)16-12-15(21)8-9-17(16)22-13/h3-9,12H,10-11H2,1-2H3. The fourth-order valence-corrected chi connectivity index (χ4v) is 2.97. The maximum atomic E-state index is 12.7. The molecule has 5 heteroatoms. The van der Waals surface area contributed by atoms with Crippen molar-refractivity contribution in [2.45, 2.75) is 6.92 Å². The van der Waals surface area contributed by atoms with Crippen molar-refractivity contribution in [1.29, 1.82) is 0 Å². The minimum absolute atomic E-state index is 0.191. The van der Waals surface area contributed by atoms with E-state index >= 15 is 0 Å². The van der Waals surface area contributed by atoms with Gasteiger partial charge in [-0.3, -0.25) is 4.98 Å². The van der Waals surface area contributed by atoms with Gasteiger partial charge in [-0.1, -0.05) is 41.9 Å². The third kappa shape index (κ3) is 3.65. The molecule has 0 unspecified atom stereocenters. The van der Waals surface area contributed by atoms with Crippen molar-refractivity contribution >= 4 is 28.5 Å². The van der Waals surface area contributed by atoms with Crippen LogP contribution >= 0.6 is 11.6 Å². The molecule has 0 aliphatic carbocycles. The Hall–Kier alpha value is -2.43. The van der Waals surface area contributed by atoms with E-state index in [9.17, 15) is 4.79 Å². The van der Waals surface area contributed by atoms with E-state index in [0.717, 1.165) is 22.0 Å². The second-order valence-electron chi connectivity index (χ2n) is 5.60. The number of nitrogens with zero attached hydrogens (tertiary/aromatic N) is 1. The summed E-state index contributed by atoms with van der Waals surface area (Å²) in [5, 5.41) is 1.41. The van der Waals surface area contributed by atoms with Crippen LogP contribution in [0.2, 0.25) is 5.02 Å². The Morgan fingerprint density at radius 1 is 1.12 bits per heavy atom. The van der Waals surface area contributed by atoms with Gasteiger partial charge < -0.3 is 9.47 Å². The van der Waals surface area contributed by atoms with Crippen molar-refractivity contribution in [3.05, 3.63) is 64.8 Å². The zero-order valence-electron chi connectivity index (χ0n) is 14.1. The second kappa shape index (κ2) is 7.64.